The van der Waals surface area contributed by atoms with Crippen LogP contribution in [0.1, 0.15) is 29.2 Å². The minimum atomic E-state index is -0.476. The topological polar surface area (TPSA) is 47.3 Å². The van der Waals surface area contributed by atoms with E-state index in [1.54, 1.807) is 18.2 Å². The molecule has 1 saturated heterocycles. The van der Waals surface area contributed by atoms with Gasteiger partial charge in [0.25, 0.3) is 0 Å². The van der Waals surface area contributed by atoms with Gasteiger partial charge in [-0.2, -0.15) is 5.26 Å². The highest BCUT2D eigenvalue weighted by Gasteiger charge is 2.32. The molecule has 0 amide bonds. The Bertz CT molecular complexity index is 740. The zero-order valence-electron chi connectivity index (χ0n) is 12.4. The van der Waals surface area contributed by atoms with Crippen molar-refractivity contribution >= 4 is 0 Å². The summed E-state index contributed by atoms with van der Waals surface area (Å²) in [4.78, 5) is 2.03. The van der Waals surface area contributed by atoms with Crippen molar-refractivity contribution < 1.29 is 13.9 Å². The molecular weight excluding hydrogens is 298 g/mol. The van der Waals surface area contributed by atoms with Crippen LogP contribution in [0.2, 0.25) is 0 Å². The Kier molecular flexibility index (Phi) is 4.37. The van der Waals surface area contributed by atoms with Gasteiger partial charge in [0, 0.05) is 19.1 Å². The highest BCUT2D eigenvalue weighted by Crippen LogP contribution is 2.34. The van der Waals surface area contributed by atoms with Gasteiger partial charge in [-0.3, -0.25) is 4.90 Å². The standard InChI is InChI=1S/C18H16F2N2O/c19-15-4-1-12(2-5-15)18-8-17(23)11-22(18)10-13-3-6-16(20)7-14(13)9-21/h1-7,17-18,23H,8,10-11H2/t17-,18-/m0/s1. The summed E-state index contributed by atoms with van der Waals surface area (Å²) in [6.45, 7) is 0.895. The smallest absolute Gasteiger partial charge is 0.124 e. The number of nitriles is 1. The molecule has 1 aliphatic heterocycles. The largest absolute Gasteiger partial charge is 0.392 e. The quantitative estimate of drug-likeness (QED) is 0.947. The summed E-state index contributed by atoms with van der Waals surface area (Å²) in [7, 11) is 0. The molecule has 3 rings (SSSR count). The molecule has 5 heteroatoms. The van der Waals surface area contributed by atoms with Gasteiger partial charge in [0.1, 0.15) is 11.6 Å². The molecule has 0 unspecified atom stereocenters. The van der Waals surface area contributed by atoms with Crippen LogP contribution in [0.5, 0.6) is 0 Å². The van der Waals surface area contributed by atoms with Crippen LogP contribution in [-0.4, -0.2) is 22.7 Å². The van der Waals surface area contributed by atoms with Gasteiger partial charge < -0.3 is 5.11 Å². The van der Waals surface area contributed by atoms with Crippen LogP contribution in [0.15, 0.2) is 42.5 Å². The van der Waals surface area contributed by atoms with E-state index in [0.717, 1.165) is 11.1 Å². The molecule has 2 atom stereocenters. The zero-order chi connectivity index (χ0) is 16.4. The van der Waals surface area contributed by atoms with E-state index in [1.165, 1.54) is 24.3 Å². The molecule has 0 radical (unpaired) electrons. The fourth-order valence-corrected chi connectivity index (χ4v) is 3.10. The Balaban J connectivity index is 1.86. The summed E-state index contributed by atoms with van der Waals surface area (Å²) < 4.78 is 26.3. The van der Waals surface area contributed by atoms with E-state index >= 15 is 0 Å². The van der Waals surface area contributed by atoms with Gasteiger partial charge >= 0.3 is 0 Å². The van der Waals surface area contributed by atoms with E-state index in [9.17, 15) is 13.9 Å². The van der Waals surface area contributed by atoms with Gasteiger partial charge in [0.15, 0.2) is 0 Å². The Hall–Kier alpha value is -2.29. The van der Waals surface area contributed by atoms with Crippen molar-refractivity contribution in [2.24, 2.45) is 0 Å². The van der Waals surface area contributed by atoms with Crippen LogP contribution in [-0.2, 0) is 6.54 Å². The lowest BCUT2D eigenvalue weighted by atomic mass is 10.0. The molecule has 0 spiro atoms. The van der Waals surface area contributed by atoms with E-state index in [2.05, 4.69) is 0 Å². The molecule has 118 valence electrons. The van der Waals surface area contributed by atoms with Gasteiger partial charge in [0.05, 0.1) is 17.7 Å². The molecule has 3 nitrogen and oxygen atoms in total. The van der Waals surface area contributed by atoms with Crippen molar-refractivity contribution in [1.82, 2.24) is 4.90 Å². The molecule has 0 bridgehead atoms. The SMILES string of the molecule is N#Cc1cc(F)ccc1CN1C[C@@H](O)C[C@H]1c1ccc(F)cc1. The molecule has 1 fully saturated rings. The van der Waals surface area contributed by atoms with Crippen LogP contribution in [0.4, 0.5) is 8.78 Å². The maximum Gasteiger partial charge on any atom is 0.124 e. The summed E-state index contributed by atoms with van der Waals surface area (Å²) >= 11 is 0. The third-order valence-electron chi connectivity index (χ3n) is 4.20. The van der Waals surface area contributed by atoms with E-state index in [1.807, 2.05) is 11.0 Å². The zero-order valence-corrected chi connectivity index (χ0v) is 12.4. The lowest BCUT2D eigenvalue weighted by Crippen LogP contribution is -2.24. The lowest BCUT2D eigenvalue weighted by Gasteiger charge is -2.25. The van der Waals surface area contributed by atoms with Crippen molar-refractivity contribution in [1.29, 1.82) is 5.26 Å². The van der Waals surface area contributed by atoms with Crippen molar-refractivity contribution in [2.75, 3.05) is 6.54 Å². The number of nitrogens with zero attached hydrogens (tertiary/aromatic N) is 2. The summed E-state index contributed by atoms with van der Waals surface area (Å²) in [5, 5.41) is 19.1. The maximum absolute atomic E-state index is 13.2. The Morgan fingerprint density at radius 2 is 1.83 bits per heavy atom. The second-order valence-electron chi connectivity index (χ2n) is 5.80. The van der Waals surface area contributed by atoms with Crippen LogP contribution in [0, 0.1) is 23.0 Å². The van der Waals surface area contributed by atoms with Crippen molar-refractivity contribution in [3.8, 4) is 6.07 Å². The van der Waals surface area contributed by atoms with E-state index in [4.69, 9.17) is 5.26 Å². The monoisotopic (exact) mass is 314 g/mol. The number of aliphatic hydroxyl groups is 1. The van der Waals surface area contributed by atoms with Crippen LogP contribution >= 0.6 is 0 Å². The maximum atomic E-state index is 13.2. The molecule has 0 aromatic heterocycles. The normalized spacial score (nSPS) is 21.3. The van der Waals surface area contributed by atoms with Crippen LogP contribution < -0.4 is 0 Å². The van der Waals surface area contributed by atoms with Gasteiger partial charge in [-0.05, 0) is 41.8 Å². The number of rotatable bonds is 3. The van der Waals surface area contributed by atoms with Crippen LogP contribution in [0.25, 0.3) is 0 Å². The highest BCUT2D eigenvalue weighted by molar-refractivity contribution is 5.38. The molecule has 23 heavy (non-hydrogen) atoms. The first kappa shape index (κ1) is 15.6. The fraction of sp³-hybridized carbons (Fsp3) is 0.278. The van der Waals surface area contributed by atoms with Gasteiger partial charge in [-0.1, -0.05) is 18.2 Å². The first-order valence-electron chi connectivity index (χ1n) is 7.43. The third-order valence-corrected chi connectivity index (χ3v) is 4.20. The van der Waals surface area contributed by atoms with E-state index < -0.39 is 11.9 Å². The van der Waals surface area contributed by atoms with Crippen LogP contribution in [0.3, 0.4) is 0 Å². The van der Waals surface area contributed by atoms with Gasteiger partial charge in [0.2, 0.25) is 0 Å². The molecule has 1 aliphatic rings. The average molecular weight is 314 g/mol. The summed E-state index contributed by atoms with van der Waals surface area (Å²) in [6.07, 6.45) is 0.0744. The Morgan fingerprint density at radius 1 is 1.13 bits per heavy atom. The van der Waals surface area contributed by atoms with Gasteiger partial charge in [-0.25, -0.2) is 8.78 Å². The van der Waals surface area contributed by atoms with E-state index in [-0.39, 0.29) is 11.9 Å². The molecule has 1 N–H and O–H groups in total. The number of hydrogen-bond acceptors (Lipinski definition) is 3. The Morgan fingerprint density at radius 3 is 2.52 bits per heavy atom. The number of likely N-dealkylation sites (tertiary alicyclic amines) is 1. The lowest BCUT2D eigenvalue weighted by molar-refractivity contribution is 0.172. The second kappa shape index (κ2) is 6.45. The highest BCUT2D eigenvalue weighted by atomic mass is 19.1. The number of aliphatic hydroxyl groups excluding tert-OH is 1. The average Bonchev–Trinajstić information content (AvgIpc) is 2.90. The molecular formula is C18H16F2N2O. The molecule has 0 saturated carbocycles. The number of β-amino-alcohol motifs (C(OH)–C–C–N with tert-alkyl or cyclic N) is 1. The number of benzene rings is 2. The second-order valence-corrected chi connectivity index (χ2v) is 5.80. The first-order valence-corrected chi connectivity index (χ1v) is 7.43. The molecule has 2 aromatic carbocycles. The predicted octanol–water partition coefficient (Wildman–Crippen LogP) is 3.14. The predicted molar refractivity (Wildman–Crippen MR) is 81.3 cm³/mol. The molecule has 1 heterocycles. The molecule has 0 aliphatic carbocycles. The van der Waals surface area contributed by atoms with Crippen molar-refractivity contribution in [3.05, 3.63) is 70.8 Å². The van der Waals surface area contributed by atoms with Crippen molar-refractivity contribution in [2.45, 2.75) is 25.1 Å². The first-order chi connectivity index (χ1) is 11.1. The fourth-order valence-electron chi connectivity index (χ4n) is 3.10. The summed E-state index contributed by atoms with van der Waals surface area (Å²) in [6, 6.07) is 12.3. The number of hydrogen-bond donors (Lipinski definition) is 1. The third kappa shape index (κ3) is 3.39. The van der Waals surface area contributed by atoms with E-state index in [0.29, 0.717) is 25.1 Å². The summed E-state index contributed by atoms with van der Waals surface area (Å²) in [5.41, 5.74) is 1.93. The number of halogens is 2. The molecule has 2 aromatic rings. The Labute approximate surface area is 133 Å². The minimum absolute atomic E-state index is 0.0535. The minimum Gasteiger partial charge on any atom is -0.392 e. The van der Waals surface area contributed by atoms with Crippen molar-refractivity contribution in [3.63, 3.8) is 0 Å². The summed E-state index contributed by atoms with van der Waals surface area (Å²) in [5.74, 6) is -0.744. The van der Waals surface area contributed by atoms with Gasteiger partial charge in [-0.15, -0.1) is 0 Å².